The fraction of sp³-hybridized carbons (Fsp3) is 0.100. The van der Waals surface area contributed by atoms with Gasteiger partial charge in [0.1, 0.15) is 12.4 Å². The molecule has 1 aromatic carbocycles. The second-order valence-corrected chi connectivity index (χ2v) is 2.95. The number of hydrogen-bond acceptors (Lipinski definition) is 3. The third-order valence-electron chi connectivity index (χ3n) is 1.89. The minimum Gasteiger partial charge on any atom is -0.205 e. The molecule has 0 saturated heterocycles. The molecule has 0 aliphatic heterocycles. The van der Waals surface area contributed by atoms with Crippen molar-refractivity contribution in [3.05, 3.63) is 42.0 Å². The van der Waals surface area contributed by atoms with Crippen LogP contribution in [0, 0.1) is 18.3 Å². The van der Waals surface area contributed by atoms with Crippen LogP contribution in [0.15, 0.2) is 30.6 Å². The molecule has 0 spiro atoms. The molecular formula is C10H8N4. The lowest BCUT2D eigenvalue weighted by atomic mass is 10.2. The van der Waals surface area contributed by atoms with Crippen LogP contribution in [-0.4, -0.2) is 14.8 Å². The lowest BCUT2D eigenvalue weighted by Gasteiger charge is -2.01. The smallest absolute Gasteiger partial charge is 0.205 e. The van der Waals surface area contributed by atoms with Crippen LogP contribution in [-0.2, 0) is 0 Å². The van der Waals surface area contributed by atoms with E-state index in [9.17, 15) is 0 Å². The normalized spacial score (nSPS) is 9.71. The van der Waals surface area contributed by atoms with Crippen LogP contribution in [0.5, 0.6) is 0 Å². The molecule has 0 radical (unpaired) electrons. The van der Waals surface area contributed by atoms with Crippen molar-refractivity contribution in [2.24, 2.45) is 0 Å². The molecule has 0 amide bonds. The van der Waals surface area contributed by atoms with E-state index in [0.717, 1.165) is 11.3 Å². The minimum atomic E-state index is 0.301. The van der Waals surface area contributed by atoms with Crippen LogP contribution in [0.4, 0.5) is 0 Å². The monoisotopic (exact) mass is 184 g/mol. The van der Waals surface area contributed by atoms with Crippen LogP contribution in [0.25, 0.3) is 5.69 Å². The summed E-state index contributed by atoms with van der Waals surface area (Å²) in [6.07, 6.45) is 1.38. The quantitative estimate of drug-likeness (QED) is 0.674. The Hall–Kier alpha value is -2.15. The highest BCUT2D eigenvalue weighted by molar-refractivity contribution is 5.36. The molecule has 2 aromatic rings. The molecule has 68 valence electrons. The number of aryl methyl sites for hydroxylation is 1. The van der Waals surface area contributed by atoms with Crippen LogP contribution in [0.1, 0.15) is 11.4 Å². The van der Waals surface area contributed by atoms with Gasteiger partial charge in [-0.15, -0.1) is 0 Å². The van der Waals surface area contributed by atoms with Crippen molar-refractivity contribution >= 4 is 0 Å². The van der Waals surface area contributed by atoms with Gasteiger partial charge in [-0.05, 0) is 24.6 Å². The molecule has 0 fully saturated rings. The summed E-state index contributed by atoms with van der Waals surface area (Å²) in [5, 5.41) is 12.7. The van der Waals surface area contributed by atoms with Crippen molar-refractivity contribution in [2.75, 3.05) is 0 Å². The van der Waals surface area contributed by atoms with Gasteiger partial charge in [-0.1, -0.05) is 12.1 Å². The van der Waals surface area contributed by atoms with E-state index in [4.69, 9.17) is 5.26 Å². The molecule has 4 nitrogen and oxygen atoms in total. The highest BCUT2D eigenvalue weighted by atomic mass is 15.3. The van der Waals surface area contributed by atoms with Gasteiger partial charge in [-0.25, -0.2) is 9.67 Å². The zero-order valence-electron chi connectivity index (χ0n) is 7.68. The Morgan fingerprint density at radius 2 is 2.29 bits per heavy atom. The van der Waals surface area contributed by atoms with Crippen LogP contribution in [0.3, 0.4) is 0 Å². The average Bonchev–Trinajstić information content (AvgIpc) is 2.65. The molecule has 1 heterocycles. The summed E-state index contributed by atoms with van der Waals surface area (Å²) >= 11 is 0. The first-order chi connectivity index (χ1) is 6.81. The molecule has 14 heavy (non-hydrogen) atoms. The zero-order chi connectivity index (χ0) is 9.97. The molecule has 0 unspecified atom stereocenters. The van der Waals surface area contributed by atoms with Crippen LogP contribution in [0.2, 0.25) is 0 Å². The Morgan fingerprint density at radius 3 is 3.00 bits per heavy atom. The van der Waals surface area contributed by atoms with Gasteiger partial charge in [-0.3, -0.25) is 0 Å². The number of hydrogen-bond donors (Lipinski definition) is 0. The van der Waals surface area contributed by atoms with Crippen molar-refractivity contribution in [1.82, 2.24) is 14.8 Å². The molecule has 4 heteroatoms. The maximum absolute atomic E-state index is 8.76. The molecule has 0 bridgehead atoms. The maximum atomic E-state index is 8.76. The highest BCUT2D eigenvalue weighted by Gasteiger charge is 2.04. The van der Waals surface area contributed by atoms with E-state index in [1.54, 1.807) is 0 Å². The molecule has 0 aliphatic rings. The summed E-state index contributed by atoms with van der Waals surface area (Å²) in [5.74, 6) is 0.301. The molecule has 1 aromatic heterocycles. The van der Waals surface area contributed by atoms with E-state index >= 15 is 0 Å². The zero-order valence-corrected chi connectivity index (χ0v) is 7.68. The van der Waals surface area contributed by atoms with Crippen molar-refractivity contribution in [3.8, 4) is 11.8 Å². The standard InChI is InChI=1S/C10H8N4/c1-8-3-2-4-9(5-8)14-10(6-11)12-7-13-14/h2-5,7H,1H3. The van der Waals surface area contributed by atoms with Gasteiger partial charge >= 0.3 is 0 Å². The second-order valence-electron chi connectivity index (χ2n) is 2.95. The molecule has 0 atom stereocenters. The Bertz CT molecular complexity index is 493. The van der Waals surface area contributed by atoms with Crippen molar-refractivity contribution < 1.29 is 0 Å². The summed E-state index contributed by atoms with van der Waals surface area (Å²) in [7, 11) is 0. The van der Waals surface area contributed by atoms with E-state index in [1.807, 2.05) is 37.3 Å². The fourth-order valence-corrected chi connectivity index (χ4v) is 1.27. The molecule has 0 N–H and O–H groups in total. The van der Waals surface area contributed by atoms with Gasteiger partial charge in [0.15, 0.2) is 0 Å². The highest BCUT2D eigenvalue weighted by Crippen LogP contribution is 2.09. The summed E-state index contributed by atoms with van der Waals surface area (Å²) < 4.78 is 1.52. The van der Waals surface area contributed by atoms with E-state index in [1.165, 1.54) is 11.0 Å². The maximum Gasteiger partial charge on any atom is 0.235 e. The summed E-state index contributed by atoms with van der Waals surface area (Å²) in [5.41, 5.74) is 1.99. The first kappa shape index (κ1) is 8.45. The SMILES string of the molecule is Cc1cccc(-n2ncnc2C#N)c1. The van der Waals surface area contributed by atoms with E-state index in [-0.39, 0.29) is 0 Å². The Labute approximate surface area is 81.4 Å². The van der Waals surface area contributed by atoms with Gasteiger partial charge < -0.3 is 0 Å². The summed E-state index contributed by atoms with van der Waals surface area (Å²) in [4.78, 5) is 3.83. The lowest BCUT2D eigenvalue weighted by Crippen LogP contribution is -1.99. The van der Waals surface area contributed by atoms with Crippen LogP contribution < -0.4 is 0 Å². The van der Waals surface area contributed by atoms with Crippen molar-refractivity contribution in [3.63, 3.8) is 0 Å². The molecule has 0 saturated carbocycles. The van der Waals surface area contributed by atoms with E-state index in [2.05, 4.69) is 10.1 Å². The van der Waals surface area contributed by atoms with Crippen molar-refractivity contribution in [1.29, 1.82) is 5.26 Å². The van der Waals surface area contributed by atoms with E-state index < -0.39 is 0 Å². The fourth-order valence-electron chi connectivity index (χ4n) is 1.27. The third-order valence-corrected chi connectivity index (χ3v) is 1.89. The number of nitriles is 1. The van der Waals surface area contributed by atoms with Crippen LogP contribution >= 0.6 is 0 Å². The topological polar surface area (TPSA) is 54.5 Å². The predicted molar refractivity (Wildman–Crippen MR) is 50.8 cm³/mol. The van der Waals surface area contributed by atoms with Gasteiger partial charge in [0.25, 0.3) is 0 Å². The largest absolute Gasteiger partial charge is 0.235 e. The second kappa shape index (κ2) is 3.30. The number of rotatable bonds is 1. The summed E-state index contributed by atoms with van der Waals surface area (Å²) in [6.45, 7) is 1.99. The van der Waals surface area contributed by atoms with Gasteiger partial charge in [0, 0.05) is 0 Å². The average molecular weight is 184 g/mol. The van der Waals surface area contributed by atoms with Crippen molar-refractivity contribution in [2.45, 2.75) is 6.92 Å². The molecule has 2 rings (SSSR count). The van der Waals surface area contributed by atoms with Gasteiger partial charge in [0.05, 0.1) is 5.69 Å². The number of benzene rings is 1. The first-order valence-electron chi connectivity index (χ1n) is 4.18. The number of nitrogens with zero attached hydrogens (tertiary/aromatic N) is 4. The number of aromatic nitrogens is 3. The summed E-state index contributed by atoms with van der Waals surface area (Å²) in [6, 6.07) is 9.74. The van der Waals surface area contributed by atoms with Gasteiger partial charge in [-0.2, -0.15) is 10.4 Å². The third kappa shape index (κ3) is 1.36. The lowest BCUT2D eigenvalue weighted by molar-refractivity contribution is 0.862. The first-order valence-corrected chi connectivity index (χ1v) is 4.18. The molecule has 0 aliphatic carbocycles. The minimum absolute atomic E-state index is 0.301. The predicted octanol–water partition coefficient (Wildman–Crippen LogP) is 1.45. The Kier molecular flexibility index (Phi) is 1.99. The Morgan fingerprint density at radius 1 is 1.43 bits per heavy atom. The van der Waals surface area contributed by atoms with E-state index in [0.29, 0.717) is 5.82 Å². The molecular weight excluding hydrogens is 176 g/mol. The van der Waals surface area contributed by atoms with Gasteiger partial charge in [0.2, 0.25) is 5.82 Å². The Balaban J connectivity index is 2.56.